The average molecular weight is 840 g/mol. The number of fused-ring (bicyclic) bond motifs is 2. The molecule has 7 rings (SSSR count). The van der Waals surface area contributed by atoms with Crippen molar-refractivity contribution in [3.05, 3.63) is 44.3 Å². The lowest BCUT2D eigenvalue weighted by Crippen LogP contribution is -2.66. The Bertz CT molecular complexity index is 2130. The minimum absolute atomic E-state index is 0.00418. The number of ether oxygens (including phenoxy) is 2. The number of nitrogens with two attached hydrogens (primary N) is 3. The lowest BCUT2D eigenvalue weighted by molar-refractivity contribution is -0.372. The summed E-state index contributed by atoms with van der Waals surface area (Å²) in [7, 11) is 0. The van der Waals surface area contributed by atoms with Crippen molar-refractivity contribution >= 4 is 41.4 Å². The third-order valence-electron chi connectivity index (χ3n) is 11.0. The van der Waals surface area contributed by atoms with Gasteiger partial charge in [0.25, 0.3) is 0 Å². The van der Waals surface area contributed by atoms with Gasteiger partial charge in [0.05, 0.1) is 5.92 Å². The highest BCUT2D eigenvalue weighted by Crippen LogP contribution is 2.46. The van der Waals surface area contributed by atoms with Crippen LogP contribution in [0.5, 0.6) is 0 Å². The molecule has 2 aromatic rings. The number of imidazole rings is 2. The molecule has 2 aromatic heterocycles. The SMILES string of the molecule is NC(=O)C1CCCC(N2C([N+](=O)[O-])=Nc3c(ncn3[C@@H]3O[C@H](C(O)C(=O)O)C(O)C3O)C2N)C1N1C([N+](=O)[O-])=Nc2c(ncn2[C@@H]2O[C@H](C(O)C(=O)O)C(O)C2O)C1N. The Morgan fingerprint density at radius 3 is 1.58 bits per heavy atom. The highest BCUT2D eigenvalue weighted by Gasteiger charge is 2.59. The van der Waals surface area contributed by atoms with Gasteiger partial charge in [-0.25, -0.2) is 29.4 Å². The number of carbonyl (C=O) groups is 3. The number of hydrogen-bond donors (Lipinski definition) is 11. The first kappa shape index (κ1) is 41.3. The number of aliphatic hydroxyl groups is 6. The second-order valence-corrected chi connectivity index (χ2v) is 14.3. The molecule has 4 aliphatic heterocycles. The van der Waals surface area contributed by atoms with E-state index >= 15 is 0 Å². The fourth-order valence-corrected chi connectivity index (χ4v) is 8.30. The summed E-state index contributed by atoms with van der Waals surface area (Å²) in [5.74, 6) is -8.75. The molecule has 30 nitrogen and oxygen atoms in total. The van der Waals surface area contributed by atoms with Crippen LogP contribution in [0.4, 0.5) is 11.6 Å². The number of nitro groups is 2. The van der Waals surface area contributed by atoms with E-state index in [9.17, 15) is 75.5 Å². The Morgan fingerprint density at radius 2 is 1.17 bits per heavy atom. The van der Waals surface area contributed by atoms with Gasteiger partial charge >= 0.3 is 23.9 Å². The molecule has 11 unspecified atom stereocenters. The zero-order chi connectivity index (χ0) is 43.1. The lowest BCUT2D eigenvalue weighted by atomic mass is 9.78. The quantitative estimate of drug-likeness (QED) is 0.0827. The smallest absolute Gasteiger partial charge is 0.434 e. The highest BCUT2D eigenvalue weighted by molar-refractivity contribution is 5.83. The number of aromatic nitrogens is 4. The fraction of sp³-hybridized carbons (Fsp3) is 0.621. The van der Waals surface area contributed by atoms with Crippen molar-refractivity contribution in [3.63, 3.8) is 0 Å². The summed E-state index contributed by atoms with van der Waals surface area (Å²) in [6.45, 7) is 0. The number of aliphatic hydroxyl groups excluding tert-OH is 6. The first-order valence-corrected chi connectivity index (χ1v) is 17.6. The number of hydrogen-bond acceptors (Lipinski definition) is 23. The zero-order valence-corrected chi connectivity index (χ0v) is 29.9. The molecule has 1 amide bonds. The molecule has 1 saturated carbocycles. The lowest BCUT2D eigenvalue weighted by Gasteiger charge is -2.46. The van der Waals surface area contributed by atoms with Gasteiger partial charge in [0.15, 0.2) is 48.4 Å². The Morgan fingerprint density at radius 1 is 0.746 bits per heavy atom. The van der Waals surface area contributed by atoms with E-state index in [1.165, 1.54) is 0 Å². The average Bonchev–Trinajstić information content (AvgIpc) is 3.94. The van der Waals surface area contributed by atoms with E-state index < -0.39 is 143 Å². The van der Waals surface area contributed by atoms with Gasteiger partial charge in [-0.1, -0.05) is 0 Å². The van der Waals surface area contributed by atoms with Crippen molar-refractivity contribution in [3.8, 4) is 0 Å². The van der Waals surface area contributed by atoms with Gasteiger partial charge in [-0.15, -0.1) is 0 Å². The van der Waals surface area contributed by atoms with Gasteiger partial charge in [0.1, 0.15) is 61.4 Å². The number of rotatable bonds is 9. The molecule has 14 N–H and O–H groups in total. The largest absolute Gasteiger partial charge is 0.479 e. The molecular weight excluding hydrogens is 802 g/mol. The number of carbonyl (C=O) groups excluding carboxylic acids is 1. The normalized spacial score (nSPS) is 35.3. The summed E-state index contributed by atoms with van der Waals surface area (Å²) in [4.78, 5) is 78.0. The van der Waals surface area contributed by atoms with E-state index in [1.807, 2.05) is 0 Å². The molecule has 15 atom stereocenters. The van der Waals surface area contributed by atoms with Crippen molar-refractivity contribution in [2.75, 3.05) is 0 Å². The monoisotopic (exact) mass is 839 g/mol. The molecule has 3 fully saturated rings. The summed E-state index contributed by atoms with van der Waals surface area (Å²) < 4.78 is 12.7. The van der Waals surface area contributed by atoms with Crippen LogP contribution in [0.15, 0.2) is 22.6 Å². The molecule has 59 heavy (non-hydrogen) atoms. The number of nitrogens with zero attached hydrogens (tertiary/aromatic N) is 10. The van der Waals surface area contributed by atoms with Crippen LogP contribution >= 0.6 is 0 Å². The predicted octanol–water partition coefficient (Wildman–Crippen LogP) is -5.99. The topological polar surface area (TPSA) is 463 Å². The van der Waals surface area contributed by atoms with E-state index in [4.69, 9.17) is 26.7 Å². The Kier molecular flexibility index (Phi) is 10.6. The van der Waals surface area contributed by atoms with E-state index in [2.05, 4.69) is 20.0 Å². The number of guanidine groups is 2. The number of primary amides is 1. The minimum Gasteiger partial charge on any atom is -0.479 e. The molecule has 0 bridgehead atoms. The number of amides is 1. The molecule has 320 valence electrons. The van der Waals surface area contributed by atoms with Gasteiger partial charge in [0, 0.05) is 0 Å². The van der Waals surface area contributed by atoms with Crippen molar-refractivity contribution < 1.29 is 74.6 Å². The second-order valence-electron chi connectivity index (χ2n) is 14.3. The van der Waals surface area contributed by atoms with Crippen LogP contribution in [0.25, 0.3) is 0 Å². The third kappa shape index (κ3) is 6.50. The van der Waals surface area contributed by atoms with Crippen molar-refractivity contribution in [2.24, 2.45) is 33.1 Å². The molecular formula is C29H37N13O17. The Labute approximate surface area is 327 Å². The number of aliphatic carboxylic acids is 2. The van der Waals surface area contributed by atoms with Crippen LogP contribution < -0.4 is 17.2 Å². The maximum atomic E-state index is 13.1. The van der Waals surface area contributed by atoms with Crippen LogP contribution in [0, 0.1) is 26.1 Å². The highest BCUT2D eigenvalue weighted by atomic mass is 16.6. The maximum Gasteiger partial charge on any atom is 0.434 e. The first-order chi connectivity index (χ1) is 27.8. The number of carboxylic acids is 2. The van der Waals surface area contributed by atoms with Crippen LogP contribution in [0.2, 0.25) is 0 Å². The maximum absolute atomic E-state index is 13.1. The van der Waals surface area contributed by atoms with Gasteiger partial charge in [-0.3, -0.25) is 25.4 Å². The number of aliphatic imine (C=N–C) groups is 2. The summed E-state index contributed by atoms with van der Waals surface area (Å²) in [6, 6.07) is -2.91. The Hall–Kier alpha value is -5.83. The van der Waals surface area contributed by atoms with Gasteiger partial charge < -0.3 is 76.3 Å². The fourth-order valence-electron chi connectivity index (χ4n) is 8.30. The molecule has 1 aliphatic carbocycles. The van der Waals surface area contributed by atoms with Crippen molar-refractivity contribution in [1.82, 2.24) is 28.9 Å². The summed E-state index contributed by atoms with van der Waals surface area (Å²) in [5, 5.41) is 107. The van der Waals surface area contributed by atoms with E-state index in [-0.39, 0.29) is 30.7 Å². The second kappa shape index (κ2) is 15.1. The van der Waals surface area contributed by atoms with Crippen molar-refractivity contribution in [1.29, 1.82) is 0 Å². The van der Waals surface area contributed by atoms with Gasteiger partial charge in [-0.05, 0) is 39.1 Å². The van der Waals surface area contributed by atoms with E-state index in [0.717, 1.165) is 31.6 Å². The molecule has 0 aromatic carbocycles. The molecule has 30 heteroatoms. The summed E-state index contributed by atoms with van der Waals surface area (Å²) in [5.41, 5.74) is 18.7. The predicted molar refractivity (Wildman–Crippen MR) is 183 cm³/mol. The van der Waals surface area contributed by atoms with Crippen molar-refractivity contribution in [2.45, 2.75) is 105 Å². The van der Waals surface area contributed by atoms with Gasteiger partial charge in [0.2, 0.25) is 17.5 Å². The van der Waals surface area contributed by atoms with E-state index in [1.54, 1.807) is 0 Å². The molecule has 6 heterocycles. The minimum atomic E-state index is -2.30. The molecule has 0 spiro atoms. The third-order valence-corrected chi connectivity index (χ3v) is 11.0. The zero-order valence-electron chi connectivity index (χ0n) is 29.9. The summed E-state index contributed by atoms with van der Waals surface area (Å²) >= 11 is 0. The Balaban J connectivity index is 1.28. The molecule has 0 radical (unpaired) electrons. The number of carboxylic acid groups (broad SMARTS) is 2. The van der Waals surface area contributed by atoms with E-state index in [0.29, 0.717) is 0 Å². The van der Waals surface area contributed by atoms with Crippen LogP contribution in [-0.2, 0) is 23.9 Å². The molecule has 2 saturated heterocycles. The van der Waals surface area contributed by atoms with Crippen LogP contribution in [-0.4, -0.2) is 170 Å². The summed E-state index contributed by atoms with van der Waals surface area (Å²) in [6.07, 6.45) is -20.7. The van der Waals surface area contributed by atoms with Crippen LogP contribution in [0.3, 0.4) is 0 Å². The van der Waals surface area contributed by atoms with Gasteiger partial charge in [-0.2, -0.15) is 0 Å². The first-order valence-electron chi connectivity index (χ1n) is 17.6. The standard InChI is InChI=1S/C29H37N13O17/c30-19-8-22(37(4-33-8)24-13(45)11(43)17(58-24)15(47)26(50)51)35-28(41(54)55)39(19)7-3-1-2-6(21(32)49)10(7)40-20(31)9-23(36-29(40)42(56)57)38(5-34-9)25-14(46)12(44)18(59-25)16(48)27(52)53/h4-7,10-20,24-25,43-48H,1-3,30-31H2,(H2,32,49)(H,50,51)(H,52,53)/t6?,7?,10?,11?,12?,13?,14?,15?,16?,17-,18-,19?,20?,24+,25+/m0/s1. The van der Waals surface area contributed by atoms with Crippen LogP contribution in [0.1, 0.15) is 55.4 Å². The molecule has 5 aliphatic rings.